The fraction of sp³-hybridized carbons (Fsp3) is 0.714. The maximum absolute atomic E-state index is 5.92. The summed E-state index contributed by atoms with van der Waals surface area (Å²) in [6.07, 6.45) is 8.65. The van der Waals surface area contributed by atoms with Crippen LogP contribution in [0.4, 0.5) is 0 Å². The zero-order valence-electron chi connectivity index (χ0n) is 15.3. The average Bonchev–Trinajstić information content (AvgIpc) is 2.81. The molecular formula is C21H34O2. The third kappa shape index (κ3) is 6.18. The van der Waals surface area contributed by atoms with Gasteiger partial charge in [0.2, 0.25) is 0 Å². The van der Waals surface area contributed by atoms with E-state index < -0.39 is 0 Å². The highest BCUT2D eigenvalue weighted by Gasteiger charge is 2.19. The van der Waals surface area contributed by atoms with Gasteiger partial charge in [0.15, 0.2) is 0 Å². The van der Waals surface area contributed by atoms with Gasteiger partial charge in [0.1, 0.15) is 5.75 Å². The van der Waals surface area contributed by atoms with E-state index in [4.69, 9.17) is 9.47 Å². The second kappa shape index (κ2) is 9.32. The highest BCUT2D eigenvalue weighted by atomic mass is 16.5. The molecule has 1 aliphatic rings. The second-order valence-electron chi connectivity index (χ2n) is 7.59. The van der Waals surface area contributed by atoms with Crippen molar-refractivity contribution in [3.05, 3.63) is 29.8 Å². The highest BCUT2D eigenvalue weighted by Crippen LogP contribution is 2.29. The van der Waals surface area contributed by atoms with Crippen molar-refractivity contribution < 1.29 is 9.47 Å². The molecular weight excluding hydrogens is 284 g/mol. The molecule has 130 valence electrons. The van der Waals surface area contributed by atoms with E-state index in [1.165, 1.54) is 44.1 Å². The lowest BCUT2D eigenvalue weighted by Crippen LogP contribution is -2.16. The van der Waals surface area contributed by atoms with Gasteiger partial charge < -0.3 is 9.47 Å². The van der Waals surface area contributed by atoms with Crippen LogP contribution in [0.3, 0.4) is 0 Å². The summed E-state index contributed by atoms with van der Waals surface area (Å²) in [4.78, 5) is 0. The number of ether oxygens (including phenoxy) is 2. The summed E-state index contributed by atoms with van der Waals surface area (Å²) in [6.45, 7) is 9.60. The molecule has 1 aliphatic heterocycles. The predicted octanol–water partition coefficient (Wildman–Crippen LogP) is 5.74. The molecule has 0 aromatic heterocycles. The highest BCUT2D eigenvalue weighted by molar-refractivity contribution is 5.31. The van der Waals surface area contributed by atoms with E-state index in [0.29, 0.717) is 0 Å². The van der Waals surface area contributed by atoms with Crippen molar-refractivity contribution in [3.63, 3.8) is 0 Å². The Balaban J connectivity index is 1.71. The van der Waals surface area contributed by atoms with Gasteiger partial charge in [-0.2, -0.15) is 0 Å². The topological polar surface area (TPSA) is 18.5 Å². The Bertz CT molecular complexity index is 428. The maximum atomic E-state index is 5.92. The fourth-order valence-corrected chi connectivity index (χ4v) is 3.53. The Kier molecular flexibility index (Phi) is 7.42. The fourth-order valence-electron chi connectivity index (χ4n) is 3.53. The molecule has 2 nitrogen and oxygen atoms in total. The van der Waals surface area contributed by atoms with Crippen LogP contribution in [0.5, 0.6) is 5.75 Å². The van der Waals surface area contributed by atoms with Crippen LogP contribution in [0.15, 0.2) is 24.3 Å². The van der Waals surface area contributed by atoms with Crippen LogP contribution in [0, 0.1) is 5.92 Å². The molecule has 23 heavy (non-hydrogen) atoms. The first-order valence-corrected chi connectivity index (χ1v) is 9.43. The largest absolute Gasteiger partial charge is 0.494 e. The van der Waals surface area contributed by atoms with Crippen molar-refractivity contribution in [2.75, 3.05) is 19.8 Å². The molecule has 1 aromatic carbocycles. The summed E-state index contributed by atoms with van der Waals surface area (Å²) < 4.78 is 11.6. The number of benzene rings is 1. The monoisotopic (exact) mass is 318 g/mol. The number of rotatable bonds is 8. The molecule has 0 aliphatic carbocycles. The van der Waals surface area contributed by atoms with E-state index in [2.05, 4.69) is 45.0 Å². The van der Waals surface area contributed by atoms with Crippen LogP contribution in [-0.2, 0) is 10.2 Å². The Morgan fingerprint density at radius 2 is 1.96 bits per heavy atom. The van der Waals surface area contributed by atoms with E-state index >= 15 is 0 Å². The van der Waals surface area contributed by atoms with Gasteiger partial charge >= 0.3 is 0 Å². The Morgan fingerprint density at radius 1 is 1.17 bits per heavy atom. The van der Waals surface area contributed by atoms with Crippen molar-refractivity contribution in [1.29, 1.82) is 0 Å². The minimum atomic E-state index is 0.257. The van der Waals surface area contributed by atoms with Crippen molar-refractivity contribution >= 4 is 0 Å². The van der Waals surface area contributed by atoms with Gasteiger partial charge in [-0.25, -0.2) is 0 Å². The van der Waals surface area contributed by atoms with Crippen molar-refractivity contribution in [2.24, 2.45) is 5.92 Å². The van der Waals surface area contributed by atoms with Gasteiger partial charge in [-0.15, -0.1) is 0 Å². The smallest absolute Gasteiger partial charge is 0.119 e. The molecule has 0 radical (unpaired) electrons. The number of hydrogen-bond acceptors (Lipinski definition) is 2. The quantitative estimate of drug-likeness (QED) is 0.569. The first kappa shape index (κ1) is 18.3. The normalized spacial score (nSPS) is 19.3. The summed E-state index contributed by atoms with van der Waals surface area (Å²) in [6, 6.07) is 8.71. The van der Waals surface area contributed by atoms with Crippen LogP contribution >= 0.6 is 0 Å². The summed E-state index contributed by atoms with van der Waals surface area (Å²) in [5, 5.41) is 0. The molecule has 1 saturated heterocycles. The molecule has 1 fully saturated rings. The second-order valence-corrected chi connectivity index (χ2v) is 7.59. The molecule has 0 spiro atoms. The minimum Gasteiger partial charge on any atom is -0.494 e. The molecule has 1 aromatic rings. The maximum Gasteiger partial charge on any atom is 0.119 e. The van der Waals surface area contributed by atoms with Gasteiger partial charge in [-0.05, 0) is 61.1 Å². The molecule has 0 N–H and O–H groups in total. The predicted molar refractivity (Wildman–Crippen MR) is 97.3 cm³/mol. The number of hydrogen-bond donors (Lipinski definition) is 0. The molecule has 1 unspecified atom stereocenters. The van der Waals surface area contributed by atoms with E-state index in [0.717, 1.165) is 37.9 Å². The Hall–Kier alpha value is -1.02. The van der Waals surface area contributed by atoms with E-state index in [-0.39, 0.29) is 5.41 Å². The molecule has 0 saturated carbocycles. The van der Waals surface area contributed by atoms with Crippen LogP contribution in [0.25, 0.3) is 0 Å². The summed E-state index contributed by atoms with van der Waals surface area (Å²) in [7, 11) is 0. The van der Waals surface area contributed by atoms with E-state index in [1.54, 1.807) is 0 Å². The minimum absolute atomic E-state index is 0.257. The van der Waals surface area contributed by atoms with Crippen molar-refractivity contribution in [1.82, 2.24) is 0 Å². The lowest BCUT2D eigenvalue weighted by Gasteiger charge is -2.24. The standard InChI is InChI=1S/C21H34O2/c1-4-14-21(2,3)19-10-12-20(13-11-19)23-16-7-9-18-8-5-6-15-22-17-18/h10-13,18H,4-9,14-17H2,1-3H3. The van der Waals surface area contributed by atoms with Gasteiger partial charge in [0.05, 0.1) is 6.61 Å². The summed E-state index contributed by atoms with van der Waals surface area (Å²) >= 11 is 0. The molecule has 1 atom stereocenters. The summed E-state index contributed by atoms with van der Waals surface area (Å²) in [5.41, 5.74) is 1.66. The third-order valence-corrected chi connectivity index (χ3v) is 5.04. The molecule has 0 bridgehead atoms. The Morgan fingerprint density at radius 3 is 2.70 bits per heavy atom. The zero-order chi connectivity index (χ0) is 16.5. The van der Waals surface area contributed by atoms with Crippen molar-refractivity contribution in [3.8, 4) is 5.75 Å². The van der Waals surface area contributed by atoms with Crippen LogP contribution < -0.4 is 4.74 Å². The van der Waals surface area contributed by atoms with E-state index in [1.807, 2.05) is 0 Å². The van der Waals surface area contributed by atoms with Crippen LogP contribution in [0.2, 0.25) is 0 Å². The van der Waals surface area contributed by atoms with Crippen LogP contribution in [0.1, 0.15) is 71.3 Å². The van der Waals surface area contributed by atoms with Gasteiger partial charge in [-0.1, -0.05) is 45.7 Å². The zero-order valence-corrected chi connectivity index (χ0v) is 15.3. The SMILES string of the molecule is CCCC(C)(C)c1ccc(OCCCC2CCCCOC2)cc1. The molecule has 2 rings (SSSR count). The molecule has 0 amide bonds. The van der Waals surface area contributed by atoms with E-state index in [9.17, 15) is 0 Å². The average molecular weight is 319 g/mol. The molecule has 1 heterocycles. The van der Waals surface area contributed by atoms with Gasteiger partial charge in [0, 0.05) is 13.2 Å². The lowest BCUT2D eigenvalue weighted by molar-refractivity contribution is 0.110. The third-order valence-electron chi connectivity index (χ3n) is 5.04. The van der Waals surface area contributed by atoms with Gasteiger partial charge in [-0.3, -0.25) is 0 Å². The van der Waals surface area contributed by atoms with Crippen molar-refractivity contribution in [2.45, 2.75) is 71.1 Å². The van der Waals surface area contributed by atoms with Crippen LogP contribution in [-0.4, -0.2) is 19.8 Å². The first-order valence-electron chi connectivity index (χ1n) is 9.43. The molecule has 2 heteroatoms. The lowest BCUT2D eigenvalue weighted by atomic mass is 9.81. The van der Waals surface area contributed by atoms with Gasteiger partial charge in [0.25, 0.3) is 0 Å². The first-order chi connectivity index (χ1) is 11.1. The summed E-state index contributed by atoms with van der Waals surface area (Å²) in [5.74, 6) is 1.73. The Labute approximate surface area is 142 Å².